The molecule has 35 heavy (non-hydrogen) atoms. The van der Waals surface area contributed by atoms with Crippen LogP contribution in [-0.2, 0) is 10.3 Å². The molecular weight excluding hydrogens is 472 g/mol. The number of hydrogen-bond acceptors (Lipinski definition) is 3. The molecule has 2 aliphatic rings. The Morgan fingerprint density at radius 2 is 1.71 bits per heavy atom. The van der Waals surface area contributed by atoms with Gasteiger partial charge in [-0.25, -0.2) is 13.2 Å². The number of nitriles is 1. The first kappa shape index (κ1) is 26.9. The molecule has 2 aliphatic carbocycles. The Hall–Kier alpha value is -2.72. The molecule has 0 radical (unpaired) electrons. The van der Waals surface area contributed by atoms with Crippen molar-refractivity contribution >= 4 is 5.91 Å². The normalized spacial score (nSPS) is 19.7. The molecule has 190 valence electrons. The Bertz CT molecular complexity index is 1030. The molecule has 0 bridgehead atoms. The fourth-order valence-electron chi connectivity index (χ4n) is 3.81. The van der Waals surface area contributed by atoms with Gasteiger partial charge in [0.15, 0.2) is 0 Å². The topological polar surface area (TPSA) is 64.9 Å². The molecule has 2 atom stereocenters. The van der Waals surface area contributed by atoms with Crippen molar-refractivity contribution in [2.24, 2.45) is 11.8 Å². The molecule has 0 aliphatic heterocycles. The Labute approximate surface area is 200 Å². The summed E-state index contributed by atoms with van der Waals surface area (Å²) in [7, 11) is 0. The minimum atomic E-state index is -5.15. The third kappa shape index (κ3) is 6.70. The van der Waals surface area contributed by atoms with Crippen LogP contribution in [0.25, 0.3) is 0 Å². The Balaban J connectivity index is 2.07. The maximum Gasteiger partial charge on any atom is 0.422 e. The summed E-state index contributed by atoms with van der Waals surface area (Å²) in [4.78, 5) is 13.0. The van der Waals surface area contributed by atoms with Crippen LogP contribution in [0.1, 0.15) is 57.9 Å². The van der Waals surface area contributed by atoms with Crippen molar-refractivity contribution in [3.8, 4) is 17.9 Å². The second-order valence-electron chi connectivity index (χ2n) is 9.84. The van der Waals surface area contributed by atoms with Gasteiger partial charge in [0.2, 0.25) is 17.4 Å². The quantitative estimate of drug-likeness (QED) is 0.363. The summed E-state index contributed by atoms with van der Waals surface area (Å²) in [5.41, 5.74) is -5.01. The van der Waals surface area contributed by atoms with Crippen LogP contribution in [-0.4, -0.2) is 29.6 Å². The first-order valence-corrected chi connectivity index (χ1v) is 11.5. The van der Waals surface area contributed by atoms with Crippen molar-refractivity contribution < 1.29 is 31.1 Å². The third-order valence-electron chi connectivity index (χ3n) is 5.99. The van der Waals surface area contributed by atoms with Crippen LogP contribution in [0.15, 0.2) is 24.3 Å². The molecule has 10 heteroatoms. The maximum atomic E-state index is 14.8. The Morgan fingerprint density at radius 3 is 2.17 bits per heavy atom. The number of carbonyl (C=O) groups is 1. The summed E-state index contributed by atoms with van der Waals surface area (Å²) in [6.45, 7) is 3.07. The highest BCUT2D eigenvalue weighted by Gasteiger charge is 2.58. The first-order chi connectivity index (χ1) is 16.2. The van der Waals surface area contributed by atoms with Crippen LogP contribution in [0.2, 0.25) is 0 Å². The van der Waals surface area contributed by atoms with Crippen molar-refractivity contribution in [3.63, 3.8) is 0 Å². The lowest BCUT2D eigenvalue weighted by molar-refractivity contribution is -0.186. The molecule has 2 N–H and O–H groups in total. The summed E-state index contributed by atoms with van der Waals surface area (Å²) in [5.74, 6) is -1.46. The number of hydrogen-bond donors (Lipinski definition) is 2. The minimum absolute atomic E-state index is 0.272. The lowest BCUT2D eigenvalue weighted by Gasteiger charge is -2.37. The van der Waals surface area contributed by atoms with Gasteiger partial charge >= 0.3 is 6.18 Å². The minimum Gasteiger partial charge on any atom is -0.336 e. The van der Waals surface area contributed by atoms with Gasteiger partial charge in [-0.1, -0.05) is 37.8 Å². The van der Waals surface area contributed by atoms with E-state index in [9.17, 15) is 36.4 Å². The summed E-state index contributed by atoms with van der Waals surface area (Å²) >= 11 is 0. The smallest absolute Gasteiger partial charge is 0.336 e. The van der Waals surface area contributed by atoms with E-state index in [1.807, 2.05) is 6.07 Å². The predicted molar refractivity (Wildman–Crippen MR) is 116 cm³/mol. The molecule has 0 saturated heterocycles. The fraction of sp³-hybridized carbons (Fsp3) is 0.600. The molecule has 2 fully saturated rings. The lowest BCUT2D eigenvalue weighted by Crippen LogP contribution is -2.62. The second-order valence-corrected chi connectivity index (χ2v) is 9.84. The molecule has 4 nitrogen and oxygen atoms in total. The van der Waals surface area contributed by atoms with Gasteiger partial charge in [0.05, 0.1) is 12.1 Å². The number of rotatable bonds is 9. The second kappa shape index (κ2) is 9.73. The van der Waals surface area contributed by atoms with Gasteiger partial charge in [0, 0.05) is 18.8 Å². The van der Waals surface area contributed by atoms with E-state index in [1.54, 1.807) is 0 Å². The van der Waals surface area contributed by atoms with Crippen molar-refractivity contribution in [1.29, 1.82) is 5.26 Å². The third-order valence-corrected chi connectivity index (χ3v) is 5.99. The zero-order chi connectivity index (χ0) is 26.1. The Kier molecular flexibility index (Phi) is 7.48. The van der Waals surface area contributed by atoms with Crippen LogP contribution >= 0.6 is 0 Å². The van der Waals surface area contributed by atoms with E-state index in [0.717, 1.165) is 24.3 Å². The summed E-state index contributed by atoms with van der Waals surface area (Å²) < 4.78 is 87.2. The SMILES string of the molecule is CC(C)CC(F)(F)C[C@H](N[C@@](C#CC1CC1)(c1ccc(F)cc1)C(F)(F)F)C(=O)NC1(C#N)CC1. The van der Waals surface area contributed by atoms with E-state index in [-0.39, 0.29) is 18.8 Å². The summed E-state index contributed by atoms with van der Waals surface area (Å²) in [6, 6.07) is 3.21. The van der Waals surface area contributed by atoms with Crippen LogP contribution in [0.4, 0.5) is 26.3 Å². The van der Waals surface area contributed by atoms with Crippen molar-refractivity contribution in [3.05, 3.63) is 35.6 Å². The first-order valence-electron chi connectivity index (χ1n) is 11.5. The Morgan fingerprint density at radius 1 is 1.11 bits per heavy atom. The van der Waals surface area contributed by atoms with Gasteiger partial charge in [-0.05, 0) is 49.3 Å². The number of halogens is 6. The average molecular weight is 499 g/mol. The van der Waals surface area contributed by atoms with Gasteiger partial charge in [0.1, 0.15) is 11.4 Å². The average Bonchev–Trinajstić information content (AvgIpc) is 3.65. The van der Waals surface area contributed by atoms with Gasteiger partial charge in [-0.2, -0.15) is 18.4 Å². The van der Waals surface area contributed by atoms with Crippen LogP contribution in [0.5, 0.6) is 0 Å². The monoisotopic (exact) mass is 499 g/mol. The predicted octanol–water partition coefficient (Wildman–Crippen LogP) is 5.20. The molecule has 1 amide bonds. The van der Waals surface area contributed by atoms with Gasteiger partial charge in [-0.15, -0.1) is 0 Å². The van der Waals surface area contributed by atoms with Crippen LogP contribution in [0, 0.1) is 40.8 Å². The molecule has 2 saturated carbocycles. The number of carbonyl (C=O) groups excluding carboxylic acids is 1. The molecule has 0 spiro atoms. The number of nitrogens with zero attached hydrogens (tertiary/aromatic N) is 1. The maximum absolute atomic E-state index is 14.8. The van der Waals surface area contributed by atoms with E-state index in [1.165, 1.54) is 13.8 Å². The van der Waals surface area contributed by atoms with E-state index in [4.69, 9.17) is 0 Å². The molecule has 0 unspecified atom stereocenters. The largest absolute Gasteiger partial charge is 0.422 e. The van der Waals surface area contributed by atoms with Crippen molar-refractivity contribution in [2.45, 2.75) is 81.6 Å². The van der Waals surface area contributed by atoms with Crippen LogP contribution in [0.3, 0.4) is 0 Å². The van der Waals surface area contributed by atoms with E-state index in [0.29, 0.717) is 12.8 Å². The number of nitrogens with one attached hydrogen (secondary N) is 2. The summed E-state index contributed by atoms with van der Waals surface area (Å²) in [5, 5.41) is 13.7. The number of benzene rings is 1. The zero-order valence-electron chi connectivity index (χ0n) is 19.4. The molecule has 1 aromatic carbocycles. The standard InChI is InChI=1S/C25H27F6N3O/c1-16(2)13-23(27,28)14-20(21(35)34-22(15-32)11-12-22)33-24(25(29,30)31,10-9-17-3-4-17)18-5-7-19(26)8-6-18/h5-8,16-17,20,33H,3-4,11-14H2,1-2H3,(H,34,35)/t20-,24-/m0/s1. The van der Waals surface area contributed by atoms with Crippen molar-refractivity contribution in [1.82, 2.24) is 10.6 Å². The van der Waals surface area contributed by atoms with E-state index in [2.05, 4.69) is 22.5 Å². The fourth-order valence-corrected chi connectivity index (χ4v) is 3.81. The molecule has 0 aromatic heterocycles. The molecule has 0 heterocycles. The van der Waals surface area contributed by atoms with Gasteiger partial charge < -0.3 is 5.32 Å². The zero-order valence-corrected chi connectivity index (χ0v) is 19.4. The van der Waals surface area contributed by atoms with Gasteiger partial charge in [-0.3, -0.25) is 10.1 Å². The highest BCUT2D eigenvalue weighted by atomic mass is 19.4. The van der Waals surface area contributed by atoms with E-state index >= 15 is 0 Å². The highest BCUT2D eigenvalue weighted by molar-refractivity contribution is 5.83. The van der Waals surface area contributed by atoms with Crippen LogP contribution < -0.4 is 10.6 Å². The summed E-state index contributed by atoms with van der Waals surface area (Å²) in [6.07, 6.45) is -5.28. The van der Waals surface area contributed by atoms with Gasteiger partial charge in [0.25, 0.3) is 0 Å². The van der Waals surface area contributed by atoms with E-state index < -0.39 is 65.3 Å². The lowest BCUT2D eigenvalue weighted by atomic mass is 9.86. The number of alkyl halides is 5. The molecule has 1 aromatic rings. The number of amides is 1. The van der Waals surface area contributed by atoms with Crippen molar-refractivity contribution in [2.75, 3.05) is 0 Å². The highest BCUT2D eigenvalue weighted by Crippen LogP contribution is 2.42. The molecular formula is C25H27F6N3O. The molecule has 3 rings (SSSR count).